The van der Waals surface area contributed by atoms with Gasteiger partial charge in [0, 0.05) is 10.1 Å². The maximum Gasteiger partial charge on any atom is 0.272 e. The molecule has 0 spiro atoms. The van der Waals surface area contributed by atoms with Gasteiger partial charge >= 0.3 is 0 Å². The predicted molar refractivity (Wildman–Crippen MR) is 109 cm³/mol. The highest BCUT2D eigenvalue weighted by Crippen LogP contribution is 2.43. The fourth-order valence-electron chi connectivity index (χ4n) is 2.69. The Balaban J connectivity index is 2.05. The van der Waals surface area contributed by atoms with Crippen molar-refractivity contribution in [3.63, 3.8) is 0 Å². The molecule has 0 fully saturated rings. The number of carbonyl (C=O) groups excluding carboxylic acids is 2. The first-order valence-electron chi connectivity index (χ1n) is 8.60. The summed E-state index contributed by atoms with van der Waals surface area (Å²) < 4.78 is 5.77. The lowest BCUT2D eigenvalue weighted by Crippen LogP contribution is -2.31. The fraction of sp³-hybridized carbons (Fsp3) is 0.300. The molecule has 0 bridgehead atoms. The second kappa shape index (κ2) is 8.10. The van der Waals surface area contributed by atoms with Crippen molar-refractivity contribution in [2.45, 2.75) is 32.4 Å². The van der Waals surface area contributed by atoms with Gasteiger partial charge in [0.1, 0.15) is 5.75 Å². The quantitative estimate of drug-likeness (QED) is 0.630. The maximum atomic E-state index is 13.2. The zero-order valence-corrected chi connectivity index (χ0v) is 16.7. The van der Waals surface area contributed by atoms with Crippen molar-refractivity contribution in [2.75, 3.05) is 11.5 Å². The number of imide groups is 1. The Bertz CT molecular complexity index is 841. The van der Waals surface area contributed by atoms with E-state index in [-0.39, 0.29) is 17.1 Å². The molecule has 1 aromatic heterocycles. The zero-order valence-electron chi connectivity index (χ0n) is 15.0. The molecule has 1 aliphatic rings. The van der Waals surface area contributed by atoms with Gasteiger partial charge in [-0.25, -0.2) is 4.90 Å². The van der Waals surface area contributed by atoms with Crippen molar-refractivity contribution in [1.82, 2.24) is 0 Å². The van der Waals surface area contributed by atoms with E-state index < -0.39 is 0 Å². The normalized spacial score (nSPS) is 14.7. The molecule has 2 amide bonds. The Morgan fingerprint density at radius 1 is 1.12 bits per heavy atom. The van der Waals surface area contributed by atoms with Crippen LogP contribution in [0.1, 0.15) is 32.1 Å². The van der Waals surface area contributed by atoms with E-state index in [9.17, 15) is 9.59 Å². The Labute approximate surface area is 161 Å². The topological polar surface area (TPSA) is 46.6 Å². The minimum absolute atomic E-state index is 0.197. The van der Waals surface area contributed by atoms with E-state index in [2.05, 4.69) is 0 Å². The number of carbonyl (C=O) groups is 2. The highest BCUT2D eigenvalue weighted by atomic mass is 32.2. The van der Waals surface area contributed by atoms with Gasteiger partial charge in [-0.2, -0.15) is 0 Å². The molecule has 0 radical (unpaired) electrons. The zero-order chi connectivity index (χ0) is 18.7. The van der Waals surface area contributed by atoms with Crippen molar-refractivity contribution < 1.29 is 14.3 Å². The largest absolute Gasteiger partial charge is 0.491 e. The molecule has 0 saturated heterocycles. The molecule has 0 N–H and O–H groups in total. The number of amides is 2. The molecular weight excluding hydrogens is 366 g/mol. The number of ether oxygens (including phenoxy) is 1. The van der Waals surface area contributed by atoms with E-state index in [0.717, 1.165) is 11.3 Å². The average molecular weight is 388 g/mol. The summed E-state index contributed by atoms with van der Waals surface area (Å²) in [5.41, 5.74) is 0.998. The first-order chi connectivity index (χ1) is 12.5. The summed E-state index contributed by atoms with van der Waals surface area (Å²) in [6, 6.07) is 11.0. The van der Waals surface area contributed by atoms with Crippen molar-refractivity contribution in [3.05, 3.63) is 51.6 Å². The third-order valence-corrected chi connectivity index (χ3v) is 5.70. The predicted octanol–water partition coefficient (Wildman–Crippen LogP) is 4.96. The lowest BCUT2D eigenvalue weighted by atomic mass is 10.2. The van der Waals surface area contributed by atoms with Crippen LogP contribution in [0, 0.1) is 0 Å². The van der Waals surface area contributed by atoms with Crippen LogP contribution < -0.4 is 9.64 Å². The van der Waals surface area contributed by atoms with Crippen LogP contribution in [0.4, 0.5) is 5.69 Å². The monoisotopic (exact) mass is 387 g/mol. The van der Waals surface area contributed by atoms with E-state index in [1.54, 1.807) is 12.1 Å². The molecule has 0 aliphatic carbocycles. The molecule has 0 saturated carbocycles. The number of hydrogen-bond donors (Lipinski definition) is 0. The summed E-state index contributed by atoms with van der Waals surface area (Å²) in [4.78, 5) is 29.0. The molecule has 6 heteroatoms. The molecule has 136 valence electrons. The third kappa shape index (κ3) is 3.57. The fourth-order valence-corrected chi connectivity index (χ4v) is 4.50. The van der Waals surface area contributed by atoms with E-state index in [4.69, 9.17) is 4.74 Å². The second-order valence-electron chi connectivity index (χ2n) is 6.11. The van der Waals surface area contributed by atoms with Crippen molar-refractivity contribution in [1.29, 1.82) is 0 Å². The highest BCUT2D eigenvalue weighted by molar-refractivity contribution is 8.04. The molecule has 3 rings (SSSR count). The molecule has 2 heterocycles. The number of hydrogen-bond acceptors (Lipinski definition) is 5. The number of thiophene rings is 1. The molecule has 26 heavy (non-hydrogen) atoms. The Morgan fingerprint density at radius 3 is 2.54 bits per heavy atom. The summed E-state index contributed by atoms with van der Waals surface area (Å²) in [6.45, 7) is 6.58. The summed E-state index contributed by atoms with van der Waals surface area (Å²) in [5.74, 6) is -0.00447. The van der Waals surface area contributed by atoms with Crippen LogP contribution in [0.5, 0.6) is 5.75 Å². The Kier molecular flexibility index (Phi) is 5.84. The number of para-hydroxylation sites is 2. The first kappa shape index (κ1) is 18.7. The van der Waals surface area contributed by atoms with Crippen LogP contribution >= 0.6 is 23.1 Å². The molecule has 2 aromatic rings. The van der Waals surface area contributed by atoms with Crippen LogP contribution in [0.2, 0.25) is 0 Å². The number of nitrogens with zero attached hydrogens (tertiary/aromatic N) is 1. The van der Waals surface area contributed by atoms with Crippen molar-refractivity contribution in [3.8, 4) is 5.75 Å². The van der Waals surface area contributed by atoms with Gasteiger partial charge in [-0.1, -0.05) is 39.0 Å². The molecule has 1 aliphatic heterocycles. The van der Waals surface area contributed by atoms with Gasteiger partial charge in [-0.15, -0.1) is 23.1 Å². The Morgan fingerprint density at radius 2 is 1.88 bits per heavy atom. The SMILES string of the molecule is CCCOc1ccccc1N1C(=O)C(SC(C)C)=C(c2cccs2)C1=O. The van der Waals surface area contributed by atoms with E-state index in [1.165, 1.54) is 28.0 Å². The number of benzene rings is 1. The third-order valence-electron chi connectivity index (χ3n) is 3.73. The van der Waals surface area contributed by atoms with Gasteiger partial charge in [0.15, 0.2) is 0 Å². The van der Waals surface area contributed by atoms with Crippen LogP contribution in [0.15, 0.2) is 46.7 Å². The summed E-state index contributed by atoms with van der Waals surface area (Å²) in [5, 5.41) is 2.11. The van der Waals surface area contributed by atoms with E-state index in [0.29, 0.717) is 28.5 Å². The summed E-state index contributed by atoms with van der Waals surface area (Å²) in [6.07, 6.45) is 0.851. The molecule has 1 aromatic carbocycles. The molecule has 0 atom stereocenters. The van der Waals surface area contributed by atoms with Crippen LogP contribution in [-0.4, -0.2) is 23.7 Å². The maximum absolute atomic E-state index is 13.2. The van der Waals surface area contributed by atoms with Crippen LogP contribution in [-0.2, 0) is 9.59 Å². The van der Waals surface area contributed by atoms with E-state index in [1.807, 2.05) is 50.4 Å². The van der Waals surface area contributed by atoms with Gasteiger partial charge in [0.2, 0.25) is 0 Å². The highest BCUT2D eigenvalue weighted by Gasteiger charge is 2.42. The van der Waals surface area contributed by atoms with Gasteiger partial charge in [0.25, 0.3) is 11.8 Å². The first-order valence-corrected chi connectivity index (χ1v) is 10.4. The average Bonchev–Trinajstić information content (AvgIpc) is 3.21. The van der Waals surface area contributed by atoms with Crippen molar-refractivity contribution in [2.24, 2.45) is 0 Å². The minimum atomic E-state index is -0.284. The van der Waals surface area contributed by atoms with Gasteiger partial charge in [0.05, 0.1) is 22.8 Å². The van der Waals surface area contributed by atoms with Crippen LogP contribution in [0.3, 0.4) is 0 Å². The standard InChI is InChI=1S/C20H21NO3S2/c1-4-11-24-15-9-6-5-8-14(15)21-19(22)17(16-10-7-12-25-16)18(20(21)23)26-13(2)3/h5-10,12-13H,4,11H2,1-3H3. The lowest BCUT2D eigenvalue weighted by Gasteiger charge is -2.19. The van der Waals surface area contributed by atoms with Gasteiger partial charge < -0.3 is 4.74 Å². The van der Waals surface area contributed by atoms with Crippen molar-refractivity contribution >= 4 is 46.2 Å². The lowest BCUT2D eigenvalue weighted by molar-refractivity contribution is -0.119. The Hall–Kier alpha value is -2.05. The number of rotatable bonds is 7. The molecule has 4 nitrogen and oxygen atoms in total. The summed E-state index contributed by atoms with van der Waals surface area (Å²) >= 11 is 2.91. The van der Waals surface area contributed by atoms with E-state index >= 15 is 0 Å². The second-order valence-corrected chi connectivity index (χ2v) is 8.64. The number of thioether (sulfide) groups is 1. The van der Waals surface area contributed by atoms with Gasteiger partial charge in [-0.05, 0) is 30.0 Å². The van der Waals surface area contributed by atoms with Gasteiger partial charge in [-0.3, -0.25) is 9.59 Å². The smallest absolute Gasteiger partial charge is 0.272 e. The molecular formula is C20H21NO3S2. The minimum Gasteiger partial charge on any atom is -0.491 e. The number of anilines is 1. The van der Waals surface area contributed by atoms with Crippen LogP contribution in [0.25, 0.3) is 5.57 Å². The summed E-state index contributed by atoms with van der Waals surface area (Å²) in [7, 11) is 0. The molecule has 0 unspecified atom stereocenters.